The van der Waals surface area contributed by atoms with Crippen LogP contribution in [-0.4, -0.2) is 45.9 Å². The SMILES string of the molecule is Cc1cc(Nc2ccnc(Nc3ccc(S(=O)(=O)N4CCC(C(O)c5cccnc5)CC4)cc3)n2)ccc1F. The standard InChI is InChI=1S/C28H29FN6O3S/c1-19-17-23(6-9-25(19)29)32-26-10-14-31-28(34-26)33-22-4-7-24(8-5-22)39(37,38)35-15-11-20(12-16-35)27(36)21-3-2-13-30-18-21/h2-10,13-14,17-18,20,27,36H,11-12,15-16H2,1H3,(H2,31,32,33,34). The molecule has 0 radical (unpaired) electrons. The van der Waals surface area contributed by atoms with Crippen LogP contribution >= 0.6 is 0 Å². The van der Waals surface area contributed by atoms with E-state index < -0.39 is 16.1 Å². The quantitative estimate of drug-likeness (QED) is 0.283. The number of rotatable bonds is 8. The molecule has 1 fully saturated rings. The third kappa shape index (κ3) is 6.22. The van der Waals surface area contributed by atoms with Gasteiger partial charge in [-0.1, -0.05) is 6.07 Å². The van der Waals surface area contributed by atoms with Crippen LogP contribution in [0.3, 0.4) is 0 Å². The maximum absolute atomic E-state index is 13.5. The van der Waals surface area contributed by atoms with Gasteiger partial charge in [0.05, 0.1) is 11.0 Å². The zero-order valence-corrected chi connectivity index (χ0v) is 22.1. The molecule has 0 spiro atoms. The van der Waals surface area contributed by atoms with Gasteiger partial charge in [0.25, 0.3) is 0 Å². The molecule has 3 heterocycles. The Morgan fingerprint density at radius 2 is 1.74 bits per heavy atom. The number of aryl methyl sites for hydroxylation is 1. The first-order valence-corrected chi connectivity index (χ1v) is 14.0. The Morgan fingerprint density at radius 3 is 2.44 bits per heavy atom. The van der Waals surface area contributed by atoms with E-state index in [1.54, 1.807) is 74.0 Å². The zero-order valence-electron chi connectivity index (χ0n) is 21.3. The lowest BCUT2D eigenvalue weighted by atomic mass is 9.89. The summed E-state index contributed by atoms with van der Waals surface area (Å²) < 4.78 is 41.5. The maximum Gasteiger partial charge on any atom is 0.243 e. The van der Waals surface area contributed by atoms with Crippen LogP contribution in [0.4, 0.5) is 27.5 Å². The molecule has 2 aromatic carbocycles. The minimum Gasteiger partial charge on any atom is -0.388 e. The van der Waals surface area contributed by atoms with Gasteiger partial charge in [-0.2, -0.15) is 9.29 Å². The molecule has 1 unspecified atom stereocenters. The minimum absolute atomic E-state index is 0.0236. The Bertz CT molecular complexity index is 1530. The normalized spacial score (nSPS) is 15.6. The molecule has 3 N–H and O–H groups in total. The maximum atomic E-state index is 13.5. The molecule has 11 heteroatoms. The molecule has 4 aromatic rings. The fourth-order valence-electron chi connectivity index (χ4n) is 4.60. The van der Waals surface area contributed by atoms with E-state index in [9.17, 15) is 17.9 Å². The van der Waals surface area contributed by atoms with E-state index in [1.807, 2.05) is 6.07 Å². The summed E-state index contributed by atoms with van der Waals surface area (Å²) in [5.41, 5.74) is 2.60. The number of hydrogen-bond donors (Lipinski definition) is 3. The zero-order chi connectivity index (χ0) is 27.4. The summed E-state index contributed by atoms with van der Waals surface area (Å²) >= 11 is 0. The third-order valence-electron chi connectivity index (χ3n) is 6.81. The molecule has 39 heavy (non-hydrogen) atoms. The molecule has 1 saturated heterocycles. The fraction of sp³-hybridized carbons (Fsp3) is 0.250. The van der Waals surface area contributed by atoms with E-state index in [1.165, 1.54) is 10.4 Å². The molecule has 202 valence electrons. The van der Waals surface area contributed by atoms with Crippen LogP contribution in [-0.2, 0) is 10.0 Å². The molecule has 5 rings (SSSR count). The smallest absolute Gasteiger partial charge is 0.243 e. The number of anilines is 4. The molecule has 1 aliphatic rings. The Morgan fingerprint density at radius 1 is 1.00 bits per heavy atom. The number of hydrogen-bond acceptors (Lipinski definition) is 8. The molecule has 0 bridgehead atoms. The van der Waals surface area contributed by atoms with Crippen LogP contribution in [0.15, 0.2) is 84.1 Å². The molecule has 1 atom stereocenters. The number of nitrogens with one attached hydrogen (secondary N) is 2. The molecule has 9 nitrogen and oxygen atoms in total. The Labute approximate surface area is 226 Å². The van der Waals surface area contributed by atoms with Crippen molar-refractivity contribution < 1.29 is 17.9 Å². The van der Waals surface area contributed by atoms with Gasteiger partial charge >= 0.3 is 0 Å². The number of nitrogens with zero attached hydrogens (tertiary/aromatic N) is 4. The Hall–Kier alpha value is -3.93. The summed E-state index contributed by atoms with van der Waals surface area (Å²) in [5.74, 6) is 0.545. The van der Waals surface area contributed by atoms with Crippen molar-refractivity contribution in [3.05, 3.63) is 96.2 Å². The number of aromatic nitrogens is 3. The monoisotopic (exact) mass is 548 g/mol. The van der Waals surface area contributed by atoms with Crippen molar-refractivity contribution in [2.45, 2.75) is 30.8 Å². The second-order valence-corrected chi connectivity index (χ2v) is 11.4. The highest BCUT2D eigenvalue weighted by molar-refractivity contribution is 7.89. The van der Waals surface area contributed by atoms with Gasteiger partial charge in [0, 0.05) is 43.1 Å². The molecule has 1 aliphatic heterocycles. The van der Waals surface area contributed by atoms with Crippen molar-refractivity contribution in [1.29, 1.82) is 0 Å². The second-order valence-electron chi connectivity index (χ2n) is 9.48. The van der Waals surface area contributed by atoms with Gasteiger partial charge in [0.1, 0.15) is 11.6 Å². The van der Waals surface area contributed by atoms with Crippen LogP contribution < -0.4 is 10.6 Å². The van der Waals surface area contributed by atoms with Crippen LogP contribution in [0, 0.1) is 18.7 Å². The summed E-state index contributed by atoms with van der Waals surface area (Å²) in [6.45, 7) is 2.37. The van der Waals surface area contributed by atoms with Crippen molar-refractivity contribution in [3.63, 3.8) is 0 Å². The molecule has 0 amide bonds. The lowest BCUT2D eigenvalue weighted by molar-refractivity contribution is 0.0758. The number of sulfonamides is 1. The number of aliphatic hydroxyl groups excluding tert-OH is 1. The van der Waals surface area contributed by atoms with Gasteiger partial charge < -0.3 is 15.7 Å². The molecular weight excluding hydrogens is 519 g/mol. The van der Waals surface area contributed by atoms with Crippen molar-refractivity contribution in [2.75, 3.05) is 23.7 Å². The van der Waals surface area contributed by atoms with Gasteiger partial charge in [0.15, 0.2) is 0 Å². The van der Waals surface area contributed by atoms with E-state index >= 15 is 0 Å². The highest BCUT2D eigenvalue weighted by atomic mass is 32.2. The van der Waals surface area contributed by atoms with Crippen molar-refractivity contribution in [1.82, 2.24) is 19.3 Å². The van der Waals surface area contributed by atoms with Crippen molar-refractivity contribution in [2.24, 2.45) is 5.92 Å². The average Bonchev–Trinajstić information content (AvgIpc) is 2.96. The Kier molecular flexibility index (Phi) is 7.82. The second kappa shape index (κ2) is 11.4. The van der Waals surface area contributed by atoms with Gasteiger partial charge in [-0.05, 0) is 91.4 Å². The number of benzene rings is 2. The predicted molar refractivity (Wildman–Crippen MR) is 147 cm³/mol. The minimum atomic E-state index is -3.67. The van der Waals surface area contributed by atoms with Crippen molar-refractivity contribution >= 4 is 33.2 Å². The third-order valence-corrected chi connectivity index (χ3v) is 8.72. The number of halogens is 1. The molecule has 0 saturated carbocycles. The van der Waals surface area contributed by atoms with E-state index in [0.29, 0.717) is 54.6 Å². The van der Waals surface area contributed by atoms with Crippen LogP contribution in [0.25, 0.3) is 0 Å². The van der Waals surface area contributed by atoms with Gasteiger partial charge in [-0.3, -0.25) is 4.98 Å². The van der Waals surface area contributed by atoms with Gasteiger partial charge in [-0.15, -0.1) is 0 Å². The van der Waals surface area contributed by atoms with Crippen molar-refractivity contribution in [3.8, 4) is 0 Å². The Balaban J connectivity index is 1.20. The number of aliphatic hydroxyl groups is 1. The molecule has 0 aliphatic carbocycles. The number of piperidine rings is 1. The van der Waals surface area contributed by atoms with Crippen LogP contribution in [0.5, 0.6) is 0 Å². The average molecular weight is 549 g/mol. The van der Waals surface area contributed by atoms with Crippen LogP contribution in [0.2, 0.25) is 0 Å². The molecule has 2 aromatic heterocycles. The number of pyridine rings is 1. The highest BCUT2D eigenvalue weighted by Crippen LogP contribution is 2.32. The first-order chi connectivity index (χ1) is 18.8. The van der Waals surface area contributed by atoms with E-state index in [-0.39, 0.29) is 16.6 Å². The largest absolute Gasteiger partial charge is 0.388 e. The summed E-state index contributed by atoms with van der Waals surface area (Å²) in [5, 5.41) is 16.9. The summed E-state index contributed by atoms with van der Waals surface area (Å²) in [7, 11) is -3.67. The topological polar surface area (TPSA) is 120 Å². The summed E-state index contributed by atoms with van der Waals surface area (Å²) in [4.78, 5) is 12.9. The first kappa shape index (κ1) is 26.7. The highest BCUT2D eigenvalue weighted by Gasteiger charge is 2.32. The van der Waals surface area contributed by atoms with E-state index in [4.69, 9.17) is 0 Å². The first-order valence-electron chi connectivity index (χ1n) is 12.6. The summed E-state index contributed by atoms with van der Waals surface area (Å²) in [6, 6.07) is 16.5. The summed E-state index contributed by atoms with van der Waals surface area (Å²) in [6.07, 6.45) is 5.35. The van der Waals surface area contributed by atoms with Gasteiger partial charge in [0.2, 0.25) is 16.0 Å². The van der Waals surface area contributed by atoms with Crippen LogP contribution in [0.1, 0.15) is 30.1 Å². The van der Waals surface area contributed by atoms with E-state index in [0.717, 1.165) is 5.56 Å². The lowest BCUT2D eigenvalue weighted by Gasteiger charge is -2.33. The van der Waals surface area contributed by atoms with E-state index in [2.05, 4.69) is 25.6 Å². The van der Waals surface area contributed by atoms with Gasteiger partial charge in [-0.25, -0.2) is 17.8 Å². The fourth-order valence-corrected chi connectivity index (χ4v) is 6.07. The molecular formula is C28H29FN6O3S. The predicted octanol–water partition coefficient (Wildman–Crippen LogP) is 4.94. The lowest BCUT2D eigenvalue weighted by Crippen LogP contribution is -2.39.